The van der Waals surface area contributed by atoms with Crippen molar-refractivity contribution >= 4 is 11.5 Å². The standard InChI is InChI=1S/C12H12F2N4O/c1-19-12-10(15)11(17-6-18-12)16-5-7-2-3-8(13)4-9(7)14/h2-4,6H,5,15H2,1H3,(H,16,17,18). The van der Waals surface area contributed by atoms with E-state index in [0.717, 1.165) is 6.07 Å². The van der Waals surface area contributed by atoms with Crippen LogP contribution in [-0.4, -0.2) is 17.1 Å². The van der Waals surface area contributed by atoms with Crippen molar-refractivity contribution in [2.45, 2.75) is 6.54 Å². The van der Waals surface area contributed by atoms with E-state index >= 15 is 0 Å². The number of nitrogen functional groups attached to an aromatic ring is 1. The SMILES string of the molecule is COc1ncnc(NCc2ccc(F)cc2F)c1N. The quantitative estimate of drug-likeness (QED) is 0.885. The van der Waals surface area contributed by atoms with Crippen molar-refractivity contribution in [2.75, 3.05) is 18.2 Å². The molecule has 1 aromatic carbocycles. The first-order chi connectivity index (χ1) is 9.11. The van der Waals surface area contributed by atoms with Crippen LogP contribution in [0.3, 0.4) is 0 Å². The molecule has 0 bridgehead atoms. The number of anilines is 2. The van der Waals surface area contributed by atoms with Gasteiger partial charge in [-0.05, 0) is 6.07 Å². The number of benzene rings is 1. The molecule has 5 nitrogen and oxygen atoms in total. The van der Waals surface area contributed by atoms with Crippen LogP contribution in [0, 0.1) is 11.6 Å². The number of hydrogen-bond acceptors (Lipinski definition) is 5. The zero-order chi connectivity index (χ0) is 13.8. The fourth-order valence-electron chi connectivity index (χ4n) is 1.53. The molecule has 3 N–H and O–H groups in total. The molecule has 0 saturated carbocycles. The molecular formula is C12H12F2N4O. The Bertz CT molecular complexity index is 592. The minimum absolute atomic E-state index is 0.122. The summed E-state index contributed by atoms with van der Waals surface area (Å²) in [6.07, 6.45) is 1.28. The number of rotatable bonds is 4. The number of halogens is 2. The van der Waals surface area contributed by atoms with Gasteiger partial charge in [-0.2, -0.15) is 4.98 Å². The fourth-order valence-corrected chi connectivity index (χ4v) is 1.53. The van der Waals surface area contributed by atoms with Gasteiger partial charge < -0.3 is 15.8 Å². The summed E-state index contributed by atoms with van der Waals surface area (Å²) in [4.78, 5) is 7.74. The highest BCUT2D eigenvalue weighted by Crippen LogP contribution is 2.24. The van der Waals surface area contributed by atoms with Crippen LogP contribution in [0.2, 0.25) is 0 Å². The Morgan fingerprint density at radius 1 is 1.32 bits per heavy atom. The Labute approximate surface area is 108 Å². The molecule has 1 heterocycles. The maximum absolute atomic E-state index is 13.4. The molecule has 2 aromatic rings. The molecular weight excluding hydrogens is 254 g/mol. The second kappa shape index (κ2) is 5.47. The van der Waals surface area contributed by atoms with Gasteiger partial charge in [-0.3, -0.25) is 0 Å². The lowest BCUT2D eigenvalue weighted by Crippen LogP contribution is -2.08. The predicted octanol–water partition coefficient (Wildman–Crippen LogP) is 1.96. The number of ether oxygens (including phenoxy) is 1. The van der Waals surface area contributed by atoms with Crippen LogP contribution in [-0.2, 0) is 6.54 Å². The molecule has 0 radical (unpaired) electrons. The smallest absolute Gasteiger partial charge is 0.242 e. The van der Waals surface area contributed by atoms with E-state index in [1.807, 2.05) is 0 Å². The normalized spacial score (nSPS) is 10.3. The van der Waals surface area contributed by atoms with E-state index in [2.05, 4.69) is 15.3 Å². The summed E-state index contributed by atoms with van der Waals surface area (Å²) in [7, 11) is 1.43. The van der Waals surface area contributed by atoms with Gasteiger partial charge >= 0.3 is 0 Å². The molecule has 0 aliphatic rings. The first-order valence-corrected chi connectivity index (χ1v) is 5.44. The minimum atomic E-state index is -0.632. The molecule has 0 atom stereocenters. The molecule has 0 saturated heterocycles. The van der Waals surface area contributed by atoms with Crippen LogP contribution in [0.4, 0.5) is 20.3 Å². The van der Waals surface area contributed by atoms with Crippen LogP contribution in [0.25, 0.3) is 0 Å². The maximum atomic E-state index is 13.4. The highest BCUT2D eigenvalue weighted by molar-refractivity contribution is 5.66. The largest absolute Gasteiger partial charge is 0.479 e. The van der Waals surface area contributed by atoms with Crippen molar-refractivity contribution in [3.8, 4) is 5.88 Å². The molecule has 0 unspecified atom stereocenters. The zero-order valence-electron chi connectivity index (χ0n) is 10.2. The van der Waals surface area contributed by atoms with Crippen molar-refractivity contribution in [1.82, 2.24) is 9.97 Å². The van der Waals surface area contributed by atoms with Crippen molar-refractivity contribution < 1.29 is 13.5 Å². The van der Waals surface area contributed by atoms with Gasteiger partial charge in [-0.15, -0.1) is 0 Å². The molecule has 100 valence electrons. The number of aromatic nitrogens is 2. The maximum Gasteiger partial charge on any atom is 0.242 e. The number of nitrogens with one attached hydrogen (secondary N) is 1. The summed E-state index contributed by atoms with van der Waals surface area (Å²) >= 11 is 0. The third-order valence-corrected chi connectivity index (χ3v) is 2.50. The number of nitrogens with zero attached hydrogens (tertiary/aromatic N) is 2. The Kier molecular flexibility index (Phi) is 3.74. The van der Waals surface area contributed by atoms with Crippen LogP contribution < -0.4 is 15.8 Å². The highest BCUT2D eigenvalue weighted by atomic mass is 19.1. The molecule has 7 heteroatoms. The highest BCUT2D eigenvalue weighted by Gasteiger charge is 2.09. The summed E-state index contributed by atoms with van der Waals surface area (Å²) in [6.45, 7) is 0.122. The van der Waals surface area contributed by atoms with E-state index < -0.39 is 11.6 Å². The summed E-state index contributed by atoms with van der Waals surface area (Å²) in [5, 5.41) is 2.85. The Balaban J connectivity index is 2.14. The fraction of sp³-hybridized carbons (Fsp3) is 0.167. The first-order valence-electron chi connectivity index (χ1n) is 5.44. The summed E-state index contributed by atoms with van der Waals surface area (Å²) < 4.78 is 31.1. The second-order valence-electron chi connectivity index (χ2n) is 3.73. The average molecular weight is 266 g/mol. The number of hydrogen-bond donors (Lipinski definition) is 2. The summed E-state index contributed by atoms with van der Waals surface area (Å²) in [6, 6.07) is 3.36. The van der Waals surface area contributed by atoms with E-state index in [-0.39, 0.29) is 18.1 Å². The molecule has 19 heavy (non-hydrogen) atoms. The minimum Gasteiger partial charge on any atom is -0.479 e. The van der Waals surface area contributed by atoms with Crippen LogP contribution in [0.5, 0.6) is 5.88 Å². The molecule has 2 rings (SSSR count). The summed E-state index contributed by atoms with van der Waals surface area (Å²) in [5.41, 5.74) is 6.29. The van der Waals surface area contributed by atoms with Gasteiger partial charge in [0.05, 0.1) is 7.11 Å². The molecule has 0 aliphatic heterocycles. The topological polar surface area (TPSA) is 73.1 Å². The van der Waals surface area contributed by atoms with Gasteiger partial charge in [0, 0.05) is 18.2 Å². The van der Waals surface area contributed by atoms with Gasteiger partial charge in [0.25, 0.3) is 0 Å². The van der Waals surface area contributed by atoms with Gasteiger partial charge in [-0.1, -0.05) is 6.07 Å². The monoisotopic (exact) mass is 266 g/mol. The lowest BCUT2D eigenvalue weighted by atomic mass is 10.2. The van der Waals surface area contributed by atoms with Gasteiger partial charge in [0.1, 0.15) is 23.6 Å². The first kappa shape index (κ1) is 13.0. The Hall–Kier alpha value is -2.44. The van der Waals surface area contributed by atoms with Crippen LogP contribution >= 0.6 is 0 Å². The van der Waals surface area contributed by atoms with E-state index in [9.17, 15) is 8.78 Å². The van der Waals surface area contributed by atoms with Gasteiger partial charge in [-0.25, -0.2) is 13.8 Å². The third-order valence-electron chi connectivity index (χ3n) is 2.50. The van der Waals surface area contributed by atoms with Gasteiger partial charge in [0.2, 0.25) is 5.88 Å². The average Bonchev–Trinajstić information content (AvgIpc) is 2.39. The lowest BCUT2D eigenvalue weighted by Gasteiger charge is -2.10. The Morgan fingerprint density at radius 2 is 2.11 bits per heavy atom. The lowest BCUT2D eigenvalue weighted by molar-refractivity contribution is 0.399. The van der Waals surface area contributed by atoms with Crippen LogP contribution in [0.15, 0.2) is 24.5 Å². The molecule has 0 amide bonds. The molecule has 1 aromatic heterocycles. The zero-order valence-corrected chi connectivity index (χ0v) is 10.2. The Morgan fingerprint density at radius 3 is 2.79 bits per heavy atom. The van der Waals surface area contributed by atoms with Crippen molar-refractivity contribution in [1.29, 1.82) is 0 Å². The second-order valence-corrected chi connectivity index (χ2v) is 3.73. The van der Waals surface area contributed by atoms with E-state index in [1.54, 1.807) is 0 Å². The van der Waals surface area contributed by atoms with E-state index in [0.29, 0.717) is 11.4 Å². The number of nitrogens with two attached hydrogens (primary N) is 1. The van der Waals surface area contributed by atoms with Crippen molar-refractivity contribution in [2.24, 2.45) is 0 Å². The number of methoxy groups -OCH3 is 1. The van der Waals surface area contributed by atoms with E-state index in [1.165, 1.54) is 25.6 Å². The predicted molar refractivity (Wildman–Crippen MR) is 66.7 cm³/mol. The molecule has 0 spiro atoms. The third kappa shape index (κ3) is 2.87. The van der Waals surface area contributed by atoms with Crippen LogP contribution in [0.1, 0.15) is 5.56 Å². The van der Waals surface area contributed by atoms with E-state index in [4.69, 9.17) is 10.5 Å². The van der Waals surface area contributed by atoms with Gasteiger partial charge in [0.15, 0.2) is 5.82 Å². The molecule has 0 aliphatic carbocycles. The summed E-state index contributed by atoms with van der Waals surface area (Å²) in [5.74, 6) is -0.691. The molecule has 0 fully saturated rings. The van der Waals surface area contributed by atoms with Crippen molar-refractivity contribution in [3.63, 3.8) is 0 Å². The van der Waals surface area contributed by atoms with Crippen molar-refractivity contribution in [3.05, 3.63) is 41.7 Å².